The standard InChI is InChI=1S/C19H21NO3/c1-5-10-23-19-12-16(8-9-18(19)22-4)17(21)11-15-7-6-13(2)20-14(15)3/h5-9,12H,1,10-11H2,2-4H3. The van der Waals surface area contributed by atoms with Crippen molar-refractivity contribution < 1.29 is 14.3 Å². The molecule has 0 unspecified atom stereocenters. The number of methoxy groups -OCH3 is 1. The highest BCUT2D eigenvalue weighted by Gasteiger charge is 2.13. The zero-order chi connectivity index (χ0) is 16.8. The Morgan fingerprint density at radius 2 is 2.00 bits per heavy atom. The fraction of sp³-hybridized carbons (Fsp3) is 0.263. The lowest BCUT2D eigenvalue weighted by Crippen LogP contribution is -2.07. The van der Waals surface area contributed by atoms with E-state index in [-0.39, 0.29) is 5.78 Å². The first-order valence-electron chi connectivity index (χ1n) is 7.43. The summed E-state index contributed by atoms with van der Waals surface area (Å²) in [5.74, 6) is 1.15. The van der Waals surface area contributed by atoms with E-state index in [1.165, 1.54) is 0 Å². The van der Waals surface area contributed by atoms with Crippen LogP contribution in [0.1, 0.15) is 27.3 Å². The number of pyridine rings is 1. The first-order valence-corrected chi connectivity index (χ1v) is 7.43. The molecule has 0 aliphatic rings. The summed E-state index contributed by atoms with van der Waals surface area (Å²) in [5.41, 5.74) is 3.35. The number of benzene rings is 1. The second-order valence-electron chi connectivity index (χ2n) is 5.26. The summed E-state index contributed by atoms with van der Waals surface area (Å²) in [6.07, 6.45) is 1.96. The van der Waals surface area contributed by atoms with Gasteiger partial charge < -0.3 is 9.47 Å². The Hall–Kier alpha value is -2.62. The van der Waals surface area contributed by atoms with Gasteiger partial charge in [-0.05, 0) is 43.7 Å². The molecule has 120 valence electrons. The highest BCUT2D eigenvalue weighted by atomic mass is 16.5. The first-order chi connectivity index (χ1) is 11.0. The predicted octanol–water partition coefficient (Wildman–Crippen LogP) is 3.70. The van der Waals surface area contributed by atoms with Crippen LogP contribution >= 0.6 is 0 Å². The maximum atomic E-state index is 12.5. The van der Waals surface area contributed by atoms with Gasteiger partial charge in [0.15, 0.2) is 17.3 Å². The van der Waals surface area contributed by atoms with E-state index >= 15 is 0 Å². The number of hydrogen-bond acceptors (Lipinski definition) is 4. The molecule has 1 aromatic heterocycles. The topological polar surface area (TPSA) is 48.4 Å². The van der Waals surface area contributed by atoms with Crippen LogP contribution < -0.4 is 9.47 Å². The van der Waals surface area contributed by atoms with Crippen LogP contribution in [0.15, 0.2) is 43.0 Å². The fourth-order valence-electron chi connectivity index (χ4n) is 2.29. The molecule has 0 radical (unpaired) electrons. The largest absolute Gasteiger partial charge is 0.493 e. The number of Topliss-reactive ketones (excluding diaryl/α,β-unsaturated/α-hetero) is 1. The molecule has 0 saturated heterocycles. The molecule has 0 spiro atoms. The van der Waals surface area contributed by atoms with Gasteiger partial charge in [0.25, 0.3) is 0 Å². The minimum absolute atomic E-state index is 0.0184. The van der Waals surface area contributed by atoms with Crippen molar-refractivity contribution in [3.63, 3.8) is 0 Å². The Morgan fingerprint density at radius 3 is 2.65 bits per heavy atom. The molecule has 0 aliphatic heterocycles. The molecule has 0 fully saturated rings. The van der Waals surface area contributed by atoms with Crippen LogP contribution in [-0.4, -0.2) is 24.5 Å². The summed E-state index contributed by atoms with van der Waals surface area (Å²) in [7, 11) is 1.57. The number of carbonyl (C=O) groups is 1. The Kier molecular flexibility index (Phi) is 5.52. The van der Waals surface area contributed by atoms with E-state index in [4.69, 9.17) is 9.47 Å². The number of rotatable bonds is 7. The van der Waals surface area contributed by atoms with Crippen LogP contribution in [0.2, 0.25) is 0 Å². The minimum atomic E-state index is 0.0184. The Balaban J connectivity index is 2.23. The molecule has 4 nitrogen and oxygen atoms in total. The second kappa shape index (κ2) is 7.58. The summed E-state index contributed by atoms with van der Waals surface area (Å²) >= 11 is 0. The van der Waals surface area contributed by atoms with E-state index in [1.54, 1.807) is 31.4 Å². The van der Waals surface area contributed by atoms with Gasteiger partial charge in [-0.2, -0.15) is 0 Å². The zero-order valence-electron chi connectivity index (χ0n) is 13.8. The summed E-state index contributed by atoms with van der Waals surface area (Å²) in [6, 6.07) is 9.07. The Morgan fingerprint density at radius 1 is 1.22 bits per heavy atom. The monoisotopic (exact) mass is 311 g/mol. The van der Waals surface area contributed by atoms with Gasteiger partial charge in [0, 0.05) is 23.4 Å². The summed E-state index contributed by atoms with van der Waals surface area (Å²) in [6.45, 7) is 7.83. The number of ketones is 1. The lowest BCUT2D eigenvalue weighted by Gasteiger charge is -2.11. The van der Waals surface area contributed by atoms with Gasteiger partial charge in [-0.25, -0.2) is 0 Å². The van der Waals surface area contributed by atoms with Crippen molar-refractivity contribution in [1.29, 1.82) is 0 Å². The third-order valence-corrected chi connectivity index (χ3v) is 3.53. The van der Waals surface area contributed by atoms with Gasteiger partial charge in [-0.3, -0.25) is 9.78 Å². The predicted molar refractivity (Wildman–Crippen MR) is 90.4 cm³/mol. The molecule has 0 amide bonds. The number of nitrogens with zero attached hydrogens (tertiary/aromatic N) is 1. The van der Waals surface area contributed by atoms with Crippen molar-refractivity contribution in [2.24, 2.45) is 0 Å². The molecular weight excluding hydrogens is 290 g/mol. The molecule has 1 heterocycles. The van der Waals surface area contributed by atoms with Crippen molar-refractivity contribution >= 4 is 5.78 Å². The summed E-state index contributed by atoms with van der Waals surface area (Å²) in [4.78, 5) is 16.9. The summed E-state index contributed by atoms with van der Waals surface area (Å²) in [5, 5.41) is 0. The molecule has 0 saturated carbocycles. The van der Waals surface area contributed by atoms with Crippen molar-refractivity contribution in [2.75, 3.05) is 13.7 Å². The van der Waals surface area contributed by atoms with Crippen molar-refractivity contribution in [3.05, 3.63) is 65.5 Å². The van der Waals surface area contributed by atoms with Gasteiger partial charge in [0.2, 0.25) is 0 Å². The normalized spacial score (nSPS) is 10.2. The maximum Gasteiger partial charge on any atom is 0.167 e. The van der Waals surface area contributed by atoms with Crippen LogP contribution in [0, 0.1) is 13.8 Å². The molecule has 2 aromatic rings. The quantitative estimate of drug-likeness (QED) is 0.578. The minimum Gasteiger partial charge on any atom is -0.493 e. The number of ether oxygens (including phenoxy) is 2. The third-order valence-electron chi connectivity index (χ3n) is 3.53. The molecule has 1 aromatic carbocycles. The molecule has 0 N–H and O–H groups in total. The van der Waals surface area contributed by atoms with Gasteiger partial charge in [-0.15, -0.1) is 0 Å². The SMILES string of the molecule is C=CCOc1cc(C(=O)Cc2ccc(C)nc2C)ccc1OC. The summed E-state index contributed by atoms with van der Waals surface area (Å²) < 4.78 is 10.8. The second-order valence-corrected chi connectivity index (χ2v) is 5.26. The van der Waals surface area contributed by atoms with Gasteiger partial charge >= 0.3 is 0 Å². The smallest absolute Gasteiger partial charge is 0.167 e. The molecule has 23 heavy (non-hydrogen) atoms. The Bertz CT molecular complexity index is 723. The molecule has 4 heteroatoms. The number of aryl methyl sites for hydroxylation is 2. The zero-order valence-corrected chi connectivity index (χ0v) is 13.8. The molecule has 2 rings (SSSR count). The lowest BCUT2D eigenvalue weighted by molar-refractivity contribution is 0.0992. The van der Waals surface area contributed by atoms with Crippen LogP contribution in [0.4, 0.5) is 0 Å². The first kappa shape index (κ1) is 16.7. The molecule has 0 atom stereocenters. The van der Waals surface area contributed by atoms with E-state index < -0.39 is 0 Å². The highest BCUT2D eigenvalue weighted by molar-refractivity contribution is 5.98. The van der Waals surface area contributed by atoms with E-state index in [0.717, 1.165) is 17.0 Å². The van der Waals surface area contributed by atoms with Crippen molar-refractivity contribution in [1.82, 2.24) is 4.98 Å². The van der Waals surface area contributed by atoms with Gasteiger partial charge in [-0.1, -0.05) is 18.7 Å². The Labute approximate surface area is 136 Å². The van der Waals surface area contributed by atoms with Crippen LogP contribution in [0.5, 0.6) is 11.5 Å². The number of hydrogen-bond donors (Lipinski definition) is 0. The van der Waals surface area contributed by atoms with E-state index in [0.29, 0.717) is 30.1 Å². The molecular formula is C19H21NO3. The van der Waals surface area contributed by atoms with Crippen molar-refractivity contribution in [2.45, 2.75) is 20.3 Å². The van der Waals surface area contributed by atoms with E-state index in [1.807, 2.05) is 26.0 Å². The van der Waals surface area contributed by atoms with E-state index in [2.05, 4.69) is 11.6 Å². The van der Waals surface area contributed by atoms with Crippen LogP contribution in [0.3, 0.4) is 0 Å². The average Bonchev–Trinajstić information content (AvgIpc) is 2.55. The van der Waals surface area contributed by atoms with Gasteiger partial charge in [0.1, 0.15) is 6.61 Å². The van der Waals surface area contributed by atoms with Gasteiger partial charge in [0.05, 0.1) is 7.11 Å². The van der Waals surface area contributed by atoms with Crippen molar-refractivity contribution in [3.8, 4) is 11.5 Å². The lowest BCUT2D eigenvalue weighted by atomic mass is 10.0. The average molecular weight is 311 g/mol. The molecule has 0 bridgehead atoms. The highest BCUT2D eigenvalue weighted by Crippen LogP contribution is 2.28. The third kappa shape index (κ3) is 4.19. The van der Waals surface area contributed by atoms with Crippen LogP contribution in [-0.2, 0) is 6.42 Å². The van der Waals surface area contributed by atoms with E-state index in [9.17, 15) is 4.79 Å². The number of carbonyl (C=O) groups excluding carboxylic acids is 1. The fourth-order valence-corrected chi connectivity index (χ4v) is 2.29. The maximum absolute atomic E-state index is 12.5. The number of aromatic nitrogens is 1. The van der Waals surface area contributed by atoms with Crippen LogP contribution in [0.25, 0.3) is 0 Å². The molecule has 0 aliphatic carbocycles.